The van der Waals surface area contributed by atoms with Crippen LogP contribution in [0, 0.1) is 0 Å². The second-order valence-electron chi connectivity index (χ2n) is 3.97. The Balaban J connectivity index is 2.04. The van der Waals surface area contributed by atoms with Crippen molar-refractivity contribution < 1.29 is 0 Å². The minimum Gasteiger partial charge on any atom is -0.236 e. The third-order valence-corrected chi connectivity index (χ3v) is 3.05. The van der Waals surface area contributed by atoms with Crippen molar-refractivity contribution in [2.45, 2.75) is 31.6 Å². The molecule has 3 rings (SSSR count). The Morgan fingerprint density at radius 2 is 2.07 bits per heavy atom. The third-order valence-electron chi connectivity index (χ3n) is 3.05. The lowest BCUT2D eigenvalue weighted by Gasteiger charge is -2.07. The van der Waals surface area contributed by atoms with Gasteiger partial charge in [0.05, 0.1) is 5.69 Å². The molecule has 2 heterocycles. The van der Waals surface area contributed by atoms with Crippen LogP contribution in [0.3, 0.4) is 0 Å². The van der Waals surface area contributed by atoms with Crippen LogP contribution < -0.4 is 0 Å². The highest BCUT2D eigenvalue weighted by Gasteiger charge is 2.18. The van der Waals surface area contributed by atoms with Gasteiger partial charge < -0.3 is 0 Å². The average molecular weight is 187 g/mol. The van der Waals surface area contributed by atoms with E-state index in [1.807, 2.05) is 10.7 Å². The molecule has 1 aliphatic rings. The Morgan fingerprint density at radius 3 is 2.93 bits per heavy atom. The van der Waals surface area contributed by atoms with Gasteiger partial charge in [-0.1, -0.05) is 12.8 Å². The van der Waals surface area contributed by atoms with E-state index in [1.165, 1.54) is 31.4 Å². The van der Waals surface area contributed by atoms with Crippen molar-refractivity contribution in [2.24, 2.45) is 0 Å². The van der Waals surface area contributed by atoms with E-state index in [2.05, 4.69) is 22.2 Å². The zero-order valence-electron chi connectivity index (χ0n) is 8.06. The number of nitrogens with zero attached hydrogens (tertiary/aromatic N) is 3. The molecule has 0 aliphatic heterocycles. The zero-order valence-corrected chi connectivity index (χ0v) is 8.06. The summed E-state index contributed by atoms with van der Waals surface area (Å²) in [5, 5.41) is 4.57. The quantitative estimate of drug-likeness (QED) is 0.686. The van der Waals surface area contributed by atoms with Gasteiger partial charge in [-0.15, -0.1) is 0 Å². The van der Waals surface area contributed by atoms with Crippen molar-refractivity contribution in [3.8, 4) is 0 Å². The molecule has 2 aromatic rings. The molecule has 0 spiro atoms. The minimum atomic E-state index is 0.682. The normalized spacial score (nSPS) is 18.0. The first-order valence-corrected chi connectivity index (χ1v) is 5.24. The van der Waals surface area contributed by atoms with Gasteiger partial charge in [0.15, 0.2) is 5.65 Å². The van der Waals surface area contributed by atoms with E-state index in [4.69, 9.17) is 0 Å². The maximum Gasteiger partial charge on any atom is 0.153 e. The van der Waals surface area contributed by atoms with Crippen LogP contribution in [-0.2, 0) is 0 Å². The van der Waals surface area contributed by atoms with Gasteiger partial charge in [-0.05, 0) is 25.0 Å². The fourth-order valence-corrected chi connectivity index (χ4v) is 2.27. The zero-order chi connectivity index (χ0) is 9.38. The highest BCUT2D eigenvalue weighted by atomic mass is 15.2. The first kappa shape index (κ1) is 7.97. The van der Waals surface area contributed by atoms with E-state index >= 15 is 0 Å². The molecule has 2 aromatic heterocycles. The molecule has 0 N–H and O–H groups in total. The number of imidazole rings is 1. The molecule has 1 fully saturated rings. The van der Waals surface area contributed by atoms with E-state index in [-0.39, 0.29) is 0 Å². The topological polar surface area (TPSA) is 30.2 Å². The fourth-order valence-electron chi connectivity index (χ4n) is 2.27. The molecule has 0 atom stereocenters. The molecule has 1 aliphatic carbocycles. The molecule has 3 nitrogen and oxygen atoms in total. The van der Waals surface area contributed by atoms with E-state index in [0.717, 1.165) is 5.65 Å². The smallest absolute Gasteiger partial charge is 0.153 e. The fraction of sp³-hybridized carbons (Fsp3) is 0.455. The Hall–Kier alpha value is -1.38. The van der Waals surface area contributed by atoms with Crippen molar-refractivity contribution in [1.82, 2.24) is 14.6 Å². The van der Waals surface area contributed by atoms with Crippen LogP contribution in [0.4, 0.5) is 0 Å². The second kappa shape index (κ2) is 3.08. The summed E-state index contributed by atoms with van der Waals surface area (Å²) in [7, 11) is 0. The summed E-state index contributed by atoms with van der Waals surface area (Å²) in [6.45, 7) is 0. The van der Waals surface area contributed by atoms with Crippen molar-refractivity contribution >= 4 is 5.65 Å². The Kier molecular flexibility index (Phi) is 1.76. The molecule has 3 heteroatoms. The Bertz CT molecular complexity index is 440. The van der Waals surface area contributed by atoms with Crippen LogP contribution in [0.1, 0.15) is 37.3 Å². The summed E-state index contributed by atoms with van der Waals surface area (Å²) in [5.41, 5.74) is 2.17. The first-order chi connectivity index (χ1) is 6.93. The largest absolute Gasteiger partial charge is 0.236 e. The number of hydrogen-bond donors (Lipinski definition) is 0. The molecule has 14 heavy (non-hydrogen) atoms. The molecule has 0 unspecified atom stereocenters. The predicted molar refractivity (Wildman–Crippen MR) is 54.2 cm³/mol. The van der Waals surface area contributed by atoms with Gasteiger partial charge in [-0.3, -0.25) is 0 Å². The number of aromatic nitrogens is 3. The van der Waals surface area contributed by atoms with Crippen LogP contribution in [0.15, 0.2) is 24.5 Å². The monoisotopic (exact) mass is 187 g/mol. The van der Waals surface area contributed by atoms with Crippen LogP contribution in [0.2, 0.25) is 0 Å². The minimum absolute atomic E-state index is 0.682. The Morgan fingerprint density at radius 1 is 1.21 bits per heavy atom. The van der Waals surface area contributed by atoms with Gasteiger partial charge in [0.25, 0.3) is 0 Å². The Labute approximate surface area is 82.8 Å². The van der Waals surface area contributed by atoms with Crippen LogP contribution in [-0.4, -0.2) is 14.6 Å². The number of fused-ring (bicyclic) bond motifs is 1. The molecule has 0 amide bonds. The van der Waals surface area contributed by atoms with Crippen molar-refractivity contribution in [2.75, 3.05) is 0 Å². The first-order valence-electron chi connectivity index (χ1n) is 5.24. The second-order valence-corrected chi connectivity index (χ2v) is 3.97. The van der Waals surface area contributed by atoms with Gasteiger partial charge in [-0.25, -0.2) is 9.50 Å². The summed E-state index contributed by atoms with van der Waals surface area (Å²) in [6.07, 6.45) is 9.01. The van der Waals surface area contributed by atoms with Gasteiger partial charge in [0, 0.05) is 18.3 Å². The van der Waals surface area contributed by atoms with Gasteiger partial charge in [-0.2, -0.15) is 5.10 Å². The van der Waals surface area contributed by atoms with Crippen molar-refractivity contribution in [3.63, 3.8) is 0 Å². The van der Waals surface area contributed by atoms with E-state index < -0.39 is 0 Å². The molecule has 0 bridgehead atoms. The molecule has 72 valence electrons. The molecular weight excluding hydrogens is 174 g/mol. The maximum atomic E-state index is 4.57. The van der Waals surface area contributed by atoms with E-state index in [1.54, 1.807) is 6.20 Å². The van der Waals surface area contributed by atoms with Gasteiger partial charge >= 0.3 is 0 Å². The predicted octanol–water partition coefficient (Wildman–Crippen LogP) is 2.39. The average Bonchev–Trinajstić information content (AvgIpc) is 2.88. The third kappa shape index (κ3) is 1.20. The van der Waals surface area contributed by atoms with Crippen molar-refractivity contribution in [1.29, 1.82) is 0 Å². The summed E-state index contributed by atoms with van der Waals surface area (Å²) < 4.78 is 1.87. The van der Waals surface area contributed by atoms with E-state index in [9.17, 15) is 0 Å². The van der Waals surface area contributed by atoms with Crippen LogP contribution in [0.25, 0.3) is 5.65 Å². The van der Waals surface area contributed by atoms with Crippen molar-refractivity contribution in [3.05, 3.63) is 30.2 Å². The lowest BCUT2D eigenvalue weighted by atomic mass is 10.0. The van der Waals surface area contributed by atoms with Gasteiger partial charge in [0.1, 0.15) is 0 Å². The highest BCUT2D eigenvalue weighted by molar-refractivity contribution is 5.36. The maximum absolute atomic E-state index is 4.57. The molecule has 0 aromatic carbocycles. The lowest BCUT2D eigenvalue weighted by Crippen LogP contribution is -2.00. The number of rotatable bonds is 1. The molecular formula is C11H13N3. The standard InChI is InChI=1S/C11H13N3/c1-2-4-9(3-1)10-5-6-11-12-7-8-14(11)13-10/h5-9H,1-4H2. The number of hydrogen-bond acceptors (Lipinski definition) is 2. The summed E-state index contributed by atoms with van der Waals surface area (Å²) >= 11 is 0. The molecule has 0 saturated heterocycles. The van der Waals surface area contributed by atoms with Crippen LogP contribution in [0.5, 0.6) is 0 Å². The van der Waals surface area contributed by atoms with E-state index in [0.29, 0.717) is 5.92 Å². The SMILES string of the molecule is c1cn2nc(C3CCCC3)ccc2n1. The summed E-state index contributed by atoms with van der Waals surface area (Å²) in [6, 6.07) is 4.18. The summed E-state index contributed by atoms with van der Waals surface area (Å²) in [5.74, 6) is 0.682. The molecule has 1 saturated carbocycles. The van der Waals surface area contributed by atoms with Gasteiger partial charge in [0.2, 0.25) is 0 Å². The summed E-state index contributed by atoms with van der Waals surface area (Å²) in [4.78, 5) is 4.19. The lowest BCUT2D eigenvalue weighted by molar-refractivity contribution is 0.671. The van der Waals surface area contributed by atoms with Crippen LogP contribution >= 0.6 is 0 Å². The molecule has 0 radical (unpaired) electrons. The highest BCUT2D eigenvalue weighted by Crippen LogP contribution is 2.32.